The van der Waals surface area contributed by atoms with Crippen molar-refractivity contribution in [2.45, 2.75) is 45.2 Å². The molecule has 3 aromatic rings. The van der Waals surface area contributed by atoms with Crippen LogP contribution in [0.15, 0.2) is 64.4 Å². The van der Waals surface area contributed by atoms with Gasteiger partial charge in [-0.25, -0.2) is 9.47 Å². The van der Waals surface area contributed by atoms with Gasteiger partial charge in [-0.1, -0.05) is 54.6 Å². The zero-order valence-corrected chi connectivity index (χ0v) is 19.5. The minimum atomic E-state index is -2.67. The molecular weight excluding hydrogens is 436 g/mol. The standard InChI is InChI=1S/C25H30N4O5/c1-4-28-21-14-15-27(24(31,32)18-11-6-5-7-12-18)16-19(21)22(30)29(23(28)26-3)25(33,34)20-13-9-8-10-17(20)2/h5-13,31-34H,4,14-16H2,1-3H3. The third kappa shape index (κ3) is 3.81. The summed E-state index contributed by atoms with van der Waals surface area (Å²) in [5, 5.41) is 44.5. The first-order valence-electron chi connectivity index (χ1n) is 11.2. The molecule has 1 aromatic heterocycles. The van der Waals surface area contributed by atoms with Crippen LogP contribution in [0.1, 0.15) is 34.9 Å². The number of hydrogen-bond acceptors (Lipinski definition) is 7. The maximum Gasteiger partial charge on any atom is 0.284 e. The van der Waals surface area contributed by atoms with Gasteiger partial charge in [0.15, 0.2) is 0 Å². The fraction of sp³-hybridized carbons (Fsp3) is 0.360. The van der Waals surface area contributed by atoms with E-state index in [0.717, 1.165) is 4.57 Å². The number of aryl methyl sites for hydroxylation is 1. The van der Waals surface area contributed by atoms with Gasteiger partial charge in [-0.2, -0.15) is 0 Å². The van der Waals surface area contributed by atoms with Crippen LogP contribution in [0.3, 0.4) is 0 Å². The van der Waals surface area contributed by atoms with Crippen molar-refractivity contribution in [2.24, 2.45) is 4.99 Å². The van der Waals surface area contributed by atoms with Crippen molar-refractivity contribution in [3.05, 3.63) is 98.5 Å². The molecule has 0 unspecified atom stereocenters. The lowest BCUT2D eigenvalue weighted by Gasteiger charge is -2.39. The molecule has 1 aliphatic rings. The van der Waals surface area contributed by atoms with Crippen LogP contribution in [0.5, 0.6) is 0 Å². The van der Waals surface area contributed by atoms with Crippen molar-refractivity contribution in [2.75, 3.05) is 13.6 Å². The van der Waals surface area contributed by atoms with Gasteiger partial charge in [-0.3, -0.25) is 9.79 Å². The van der Waals surface area contributed by atoms with Gasteiger partial charge in [0.2, 0.25) is 5.62 Å². The summed E-state index contributed by atoms with van der Waals surface area (Å²) in [6, 6.07) is 15.1. The average molecular weight is 467 g/mol. The van der Waals surface area contributed by atoms with Crippen molar-refractivity contribution >= 4 is 0 Å². The number of benzene rings is 2. The average Bonchev–Trinajstić information content (AvgIpc) is 2.84. The Morgan fingerprint density at radius 2 is 1.62 bits per heavy atom. The third-order valence-electron chi connectivity index (χ3n) is 6.48. The van der Waals surface area contributed by atoms with Crippen LogP contribution in [0, 0.1) is 6.92 Å². The predicted octanol–water partition coefficient (Wildman–Crippen LogP) is 0.305. The highest BCUT2D eigenvalue weighted by atomic mass is 16.5. The number of hydrogen-bond donors (Lipinski definition) is 4. The first-order chi connectivity index (χ1) is 16.1. The summed E-state index contributed by atoms with van der Waals surface area (Å²) < 4.78 is 2.65. The van der Waals surface area contributed by atoms with Gasteiger partial charge in [0.05, 0.1) is 5.56 Å². The highest BCUT2D eigenvalue weighted by molar-refractivity contribution is 5.31. The molecule has 0 aliphatic carbocycles. The van der Waals surface area contributed by atoms with E-state index in [1.165, 1.54) is 11.9 Å². The zero-order chi connectivity index (χ0) is 24.7. The molecule has 1 aliphatic heterocycles. The molecule has 0 saturated heterocycles. The van der Waals surface area contributed by atoms with Gasteiger partial charge < -0.3 is 25.0 Å². The van der Waals surface area contributed by atoms with E-state index in [9.17, 15) is 25.2 Å². The number of nitrogens with zero attached hydrogens (tertiary/aromatic N) is 4. The molecule has 0 fully saturated rings. The molecule has 0 saturated carbocycles. The number of rotatable bonds is 5. The highest BCUT2D eigenvalue weighted by Crippen LogP contribution is 2.29. The molecule has 0 bridgehead atoms. The molecule has 0 spiro atoms. The third-order valence-corrected chi connectivity index (χ3v) is 6.48. The Labute approximate surface area is 197 Å². The van der Waals surface area contributed by atoms with E-state index in [-0.39, 0.29) is 35.4 Å². The van der Waals surface area contributed by atoms with E-state index >= 15 is 0 Å². The van der Waals surface area contributed by atoms with Gasteiger partial charge in [-0.05, 0) is 19.4 Å². The first-order valence-corrected chi connectivity index (χ1v) is 11.2. The number of aliphatic hydroxyl groups is 4. The van der Waals surface area contributed by atoms with Gasteiger partial charge in [0.25, 0.3) is 17.4 Å². The largest absolute Gasteiger partial charge is 0.349 e. The summed E-state index contributed by atoms with van der Waals surface area (Å²) in [6.07, 6.45) is 0.353. The van der Waals surface area contributed by atoms with Crippen LogP contribution in [-0.2, 0) is 31.3 Å². The molecule has 4 N–H and O–H groups in total. The second-order valence-electron chi connectivity index (χ2n) is 8.46. The SMILES string of the molecule is CCn1c2c(c(=O)n(C(O)(O)c3ccccc3C)c1=NC)CN(C(O)(O)c1ccccc1)CC2. The second-order valence-corrected chi connectivity index (χ2v) is 8.46. The Kier molecular flexibility index (Phi) is 6.32. The Balaban J connectivity index is 1.92. The highest BCUT2D eigenvalue weighted by Gasteiger charge is 2.40. The lowest BCUT2D eigenvalue weighted by molar-refractivity contribution is -0.280. The van der Waals surface area contributed by atoms with E-state index in [1.54, 1.807) is 66.1 Å². The number of fused-ring (bicyclic) bond motifs is 1. The van der Waals surface area contributed by atoms with Gasteiger partial charge in [0.1, 0.15) is 0 Å². The summed E-state index contributed by atoms with van der Waals surface area (Å²) >= 11 is 0. The first kappa shape index (κ1) is 24.1. The predicted molar refractivity (Wildman–Crippen MR) is 125 cm³/mol. The van der Waals surface area contributed by atoms with Crippen molar-refractivity contribution in [3.8, 4) is 0 Å². The molecular formula is C25H30N4O5. The van der Waals surface area contributed by atoms with Crippen LogP contribution in [0.25, 0.3) is 0 Å². The van der Waals surface area contributed by atoms with E-state index < -0.39 is 17.4 Å². The van der Waals surface area contributed by atoms with Gasteiger partial charge in [0, 0.05) is 49.9 Å². The van der Waals surface area contributed by atoms with Gasteiger partial charge in [-0.15, -0.1) is 0 Å². The molecule has 34 heavy (non-hydrogen) atoms. The molecule has 2 heterocycles. The monoisotopic (exact) mass is 466 g/mol. The summed E-state index contributed by atoms with van der Waals surface area (Å²) in [5.74, 6) is -4.97. The molecule has 2 aromatic carbocycles. The van der Waals surface area contributed by atoms with Crippen LogP contribution in [0.2, 0.25) is 0 Å². The lowest BCUT2D eigenvalue weighted by Crippen LogP contribution is -2.57. The minimum absolute atomic E-state index is 0.0933. The Morgan fingerprint density at radius 3 is 2.24 bits per heavy atom. The molecule has 4 rings (SSSR count). The fourth-order valence-electron chi connectivity index (χ4n) is 4.72. The van der Waals surface area contributed by atoms with E-state index in [4.69, 9.17) is 0 Å². The summed E-state index contributed by atoms with van der Waals surface area (Å²) in [7, 11) is 1.49. The quantitative estimate of drug-likeness (QED) is 0.401. The normalized spacial score (nSPS) is 15.4. The summed E-state index contributed by atoms with van der Waals surface area (Å²) in [6.45, 7) is 4.23. The fourth-order valence-corrected chi connectivity index (χ4v) is 4.72. The number of aromatic nitrogens is 2. The second kappa shape index (κ2) is 8.94. The van der Waals surface area contributed by atoms with Crippen molar-refractivity contribution in [3.63, 3.8) is 0 Å². The Morgan fingerprint density at radius 1 is 0.971 bits per heavy atom. The van der Waals surface area contributed by atoms with Crippen molar-refractivity contribution in [1.29, 1.82) is 0 Å². The Bertz CT molecular complexity index is 1330. The molecule has 0 atom stereocenters. The molecule has 9 heteroatoms. The van der Waals surface area contributed by atoms with E-state index in [2.05, 4.69) is 4.99 Å². The van der Waals surface area contributed by atoms with Crippen LogP contribution in [0.4, 0.5) is 0 Å². The molecule has 9 nitrogen and oxygen atoms in total. The topological polar surface area (TPSA) is 123 Å². The maximum atomic E-state index is 13.8. The maximum absolute atomic E-state index is 13.8. The van der Waals surface area contributed by atoms with Crippen LogP contribution < -0.4 is 11.2 Å². The molecule has 0 radical (unpaired) electrons. The van der Waals surface area contributed by atoms with E-state index in [0.29, 0.717) is 24.2 Å². The smallest absolute Gasteiger partial charge is 0.284 e. The lowest BCUT2D eigenvalue weighted by atomic mass is 10.0. The van der Waals surface area contributed by atoms with Crippen molar-refractivity contribution < 1.29 is 20.4 Å². The van der Waals surface area contributed by atoms with Crippen LogP contribution in [-0.4, -0.2) is 48.1 Å². The molecule has 0 amide bonds. The summed E-state index contributed by atoms with van der Waals surface area (Å²) in [5.41, 5.74) is 1.44. The van der Waals surface area contributed by atoms with Crippen LogP contribution >= 0.6 is 0 Å². The Hall–Kier alpha value is -3.08. The molecule has 180 valence electrons. The van der Waals surface area contributed by atoms with Crippen molar-refractivity contribution in [1.82, 2.24) is 14.0 Å². The minimum Gasteiger partial charge on any atom is -0.349 e. The van der Waals surface area contributed by atoms with E-state index in [1.807, 2.05) is 6.92 Å². The van der Waals surface area contributed by atoms with Gasteiger partial charge >= 0.3 is 0 Å². The summed E-state index contributed by atoms with van der Waals surface area (Å²) in [4.78, 5) is 19.4. The zero-order valence-electron chi connectivity index (χ0n) is 19.5.